The molecule has 1 rings (SSSR count). The fourth-order valence-corrected chi connectivity index (χ4v) is 2.04. The maximum Gasteiger partial charge on any atom is 0.165 e. The van der Waals surface area contributed by atoms with Gasteiger partial charge >= 0.3 is 0 Å². The Bertz CT molecular complexity index is 300. The number of ether oxygens (including phenoxy) is 1. The topological polar surface area (TPSA) is 26.3 Å². The molecule has 0 saturated heterocycles. The van der Waals surface area contributed by atoms with Crippen LogP contribution in [0.3, 0.4) is 0 Å². The molecule has 16 heavy (non-hydrogen) atoms. The van der Waals surface area contributed by atoms with Crippen molar-refractivity contribution in [3.63, 3.8) is 0 Å². The third kappa shape index (κ3) is 3.31. The average molecular weight is 222 g/mol. The van der Waals surface area contributed by atoms with Crippen LogP contribution in [0.4, 0.5) is 0 Å². The van der Waals surface area contributed by atoms with Gasteiger partial charge in [-0.2, -0.15) is 0 Å². The molecule has 0 aromatic rings. The quantitative estimate of drug-likeness (QED) is 0.668. The van der Waals surface area contributed by atoms with Gasteiger partial charge in [-0.25, -0.2) is 0 Å². The summed E-state index contributed by atoms with van der Waals surface area (Å²) in [6, 6.07) is 0. The SMILES string of the molecule is CO[C@@H]1C=CC(=O)[C@H]1/C(C)=C/CCC(C)C. The van der Waals surface area contributed by atoms with E-state index in [0.717, 1.165) is 12.0 Å². The molecule has 90 valence electrons. The predicted molar refractivity (Wildman–Crippen MR) is 66.3 cm³/mol. The lowest BCUT2D eigenvalue weighted by atomic mass is 9.93. The maximum atomic E-state index is 11.7. The maximum absolute atomic E-state index is 11.7. The van der Waals surface area contributed by atoms with Gasteiger partial charge in [-0.3, -0.25) is 4.79 Å². The predicted octanol–water partition coefficient (Wildman–Crippen LogP) is 3.14. The molecule has 0 heterocycles. The van der Waals surface area contributed by atoms with Crippen LogP contribution in [-0.2, 0) is 9.53 Å². The molecule has 0 aliphatic heterocycles. The number of hydrogen-bond donors (Lipinski definition) is 0. The van der Waals surface area contributed by atoms with Crippen LogP contribution in [0.25, 0.3) is 0 Å². The van der Waals surface area contributed by atoms with Gasteiger partial charge in [0.05, 0.1) is 12.0 Å². The molecule has 2 heteroatoms. The van der Waals surface area contributed by atoms with Crippen LogP contribution in [0, 0.1) is 11.8 Å². The normalized spacial score (nSPS) is 25.8. The highest BCUT2D eigenvalue weighted by Gasteiger charge is 2.30. The van der Waals surface area contributed by atoms with Crippen molar-refractivity contribution in [1.29, 1.82) is 0 Å². The van der Waals surface area contributed by atoms with Crippen LogP contribution in [0.2, 0.25) is 0 Å². The summed E-state index contributed by atoms with van der Waals surface area (Å²) in [4.78, 5) is 11.7. The fourth-order valence-electron chi connectivity index (χ4n) is 2.04. The monoisotopic (exact) mass is 222 g/mol. The first-order valence-electron chi connectivity index (χ1n) is 5.97. The Kier molecular flexibility index (Phi) is 4.94. The van der Waals surface area contributed by atoms with E-state index in [-0.39, 0.29) is 17.8 Å². The van der Waals surface area contributed by atoms with Crippen LogP contribution < -0.4 is 0 Å². The molecular formula is C14H22O2. The summed E-state index contributed by atoms with van der Waals surface area (Å²) in [5.74, 6) is 0.794. The molecule has 2 atom stereocenters. The second-order valence-corrected chi connectivity index (χ2v) is 4.86. The molecule has 0 aromatic heterocycles. The summed E-state index contributed by atoms with van der Waals surface area (Å²) in [5.41, 5.74) is 1.14. The third-order valence-corrected chi connectivity index (χ3v) is 3.06. The van der Waals surface area contributed by atoms with Crippen LogP contribution in [0.15, 0.2) is 23.8 Å². The smallest absolute Gasteiger partial charge is 0.165 e. The Morgan fingerprint density at radius 3 is 2.81 bits per heavy atom. The van der Waals surface area contributed by atoms with Gasteiger partial charge in [-0.15, -0.1) is 0 Å². The summed E-state index contributed by atoms with van der Waals surface area (Å²) in [5, 5.41) is 0. The van der Waals surface area contributed by atoms with Crippen molar-refractivity contribution in [1.82, 2.24) is 0 Å². The number of rotatable bonds is 5. The first kappa shape index (κ1) is 13.2. The third-order valence-electron chi connectivity index (χ3n) is 3.06. The zero-order valence-electron chi connectivity index (χ0n) is 10.7. The largest absolute Gasteiger partial charge is 0.376 e. The molecule has 0 radical (unpaired) electrons. The highest BCUT2D eigenvalue weighted by Crippen LogP contribution is 2.26. The Morgan fingerprint density at radius 1 is 1.56 bits per heavy atom. The molecule has 2 nitrogen and oxygen atoms in total. The van der Waals surface area contributed by atoms with E-state index < -0.39 is 0 Å². The van der Waals surface area contributed by atoms with E-state index in [1.165, 1.54) is 6.42 Å². The number of carbonyl (C=O) groups excluding carboxylic acids is 1. The molecule has 0 unspecified atom stereocenters. The van der Waals surface area contributed by atoms with Gasteiger partial charge in [0.25, 0.3) is 0 Å². The minimum atomic E-state index is -0.0860. The zero-order valence-corrected chi connectivity index (χ0v) is 10.7. The standard InChI is InChI=1S/C14H22O2/c1-10(2)6-5-7-11(3)14-12(15)8-9-13(14)16-4/h7-10,13-14H,5-6H2,1-4H3/b11-7+/t13-,14-/m1/s1. The van der Waals surface area contributed by atoms with Crippen molar-refractivity contribution in [3.05, 3.63) is 23.8 Å². The van der Waals surface area contributed by atoms with Gasteiger partial charge in [0.2, 0.25) is 0 Å². The Labute approximate surface area is 98.4 Å². The van der Waals surface area contributed by atoms with Crippen molar-refractivity contribution in [2.24, 2.45) is 11.8 Å². The van der Waals surface area contributed by atoms with E-state index in [2.05, 4.69) is 19.9 Å². The lowest BCUT2D eigenvalue weighted by Crippen LogP contribution is -2.23. The number of allylic oxidation sites excluding steroid dienone is 2. The highest BCUT2D eigenvalue weighted by atomic mass is 16.5. The first-order chi connectivity index (χ1) is 7.56. The van der Waals surface area contributed by atoms with Crippen LogP contribution in [0.5, 0.6) is 0 Å². The minimum absolute atomic E-state index is 0.0669. The molecule has 1 aliphatic carbocycles. The molecule has 0 amide bonds. The Morgan fingerprint density at radius 2 is 2.25 bits per heavy atom. The van der Waals surface area contributed by atoms with E-state index in [4.69, 9.17) is 4.74 Å². The molecule has 1 aliphatic rings. The highest BCUT2D eigenvalue weighted by molar-refractivity contribution is 5.97. The number of ketones is 1. The summed E-state index contributed by atoms with van der Waals surface area (Å²) in [6.07, 6.45) is 7.82. The summed E-state index contributed by atoms with van der Waals surface area (Å²) < 4.78 is 5.29. The molecular weight excluding hydrogens is 200 g/mol. The molecule has 0 saturated carbocycles. The summed E-state index contributed by atoms with van der Waals surface area (Å²) >= 11 is 0. The Balaban J connectivity index is 2.58. The second-order valence-electron chi connectivity index (χ2n) is 4.86. The molecule has 0 N–H and O–H groups in total. The molecule has 0 bridgehead atoms. The second kappa shape index (κ2) is 6.00. The lowest BCUT2D eigenvalue weighted by molar-refractivity contribution is -0.118. The van der Waals surface area contributed by atoms with Gasteiger partial charge in [0.1, 0.15) is 0 Å². The van der Waals surface area contributed by atoms with Crippen molar-refractivity contribution < 1.29 is 9.53 Å². The number of carbonyl (C=O) groups is 1. The van der Waals surface area contributed by atoms with Crippen LogP contribution in [-0.4, -0.2) is 19.0 Å². The van der Waals surface area contributed by atoms with Crippen LogP contribution in [0.1, 0.15) is 33.6 Å². The average Bonchev–Trinajstić information content (AvgIpc) is 2.58. The van der Waals surface area contributed by atoms with E-state index in [9.17, 15) is 4.79 Å². The molecule has 0 spiro atoms. The van der Waals surface area contributed by atoms with Gasteiger partial charge in [-0.1, -0.05) is 31.6 Å². The van der Waals surface area contributed by atoms with E-state index in [0.29, 0.717) is 5.92 Å². The number of hydrogen-bond acceptors (Lipinski definition) is 2. The van der Waals surface area contributed by atoms with Crippen molar-refractivity contribution in [3.8, 4) is 0 Å². The molecule has 0 aromatic carbocycles. The van der Waals surface area contributed by atoms with E-state index >= 15 is 0 Å². The fraction of sp³-hybridized carbons (Fsp3) is 0.643. The van der Waals surface area contributed by atoms with Crippen molar-refractivity contribution in [2.75, 3.05) is 7.11 Å². The van der Waals surface area contributed by atoms with E-state index in [1.807, 2.05) is 13.0 Å². The zero-order chi connectivity index (χ0) is 12.1. The van der Waals surface area contributed by atoms with Gasteiger partial charge in [-0.05, 0) is 31.8 Å². The van der Waals surface area contributed by atoms with Crippen molar-refractivity contribution in [2.45, 2.75) is 39.7 Å². The van der Waals surface area contributed by atoms with Gasteiger partial charge in [0.15, 0.2) is 5.78 Å². The first-order valence-corrected chi connectivity index (χ1v) is 5.97. The summed E-state index contributed by atoms with van der Waals surface area (Å²) in [7, 11) is 1.65. The van der Waals surface area contributed by atoms with Crippen molar-refractivity contribution >= 4 is 5.78 Å². The van der Waals surface area contributed by atoms with Gasteiger partial charge in [0, 0.05) is 7.11 Å². The summed E-state index contributed by atoms with van der Waals surface area (Å²) in [6.45, 7) is 6.45. The number of methoxy groups -OCH3 is 1. The lowest BCUT2D eigenvalue weighted by Gasteiger charge is -2.17. The van der Waals surface area contributed by atoms with E-state index in [1.54, 1.807) is 13.2 Å². The molecule has 0 fully saturated rings. The Hall–Kier alpha value is -0.890. The van der Waals surface area contributed by atoms with Crippen LogP contribution >= 0.6 is 0 Å². The van der Waals surface area contributed by atoms with Gasteiger partial charge < -0.3 is 4.74 Å². The minimum Gasteiger partial charge on any atom is -0.376 e.